The van der Waals surface area contributed by atoms with Crippen LogP contribution in [0, 0.1) is 40.4 Å². The van der Waals surface area contributed by atoms with E-state index < -0.39 is 52.0 Å². The third-order valence-electron chi connectivity index (χ3n) is 4.42. The van der Waals surface area contributed by atoms with Crippen molar-refractivity contribution in [3.05, 3.63) is 29.1 Å². The predicted molar refractivity (Wildman–Crippen MR) is 103 cm³/mol. The second-order valence-electron chi connectivity index (χ2n) is 6.75. The van der Waals surface area contributed by atoms with Crippen LogP contribution in [0.4, 0.5) is 27.6 Å². The summed E-state index contributed by atoms with van der Waals surface area (Å²) in [7, 11) is -2.83. The number of nitrogens with one attached hydrogen (secondary N) is 1. The molecule has 0 fully saturated rings. The van der Waals surface area contributed by atoms with Gasteiger partial charge in [0.05, 0.1) is 11.6 Å². The quantitative estimate of drug-likeness (QED) is 0.284. The highest BCUT2D eigenvalue weighted by atomic mass is 28.3. The summed E-state index contributed by atoms with van der Waals surface area (Å²) in [6.45, 7) is 16.3. The SMILES string of the molecule is CCN(CC)[Si](C)(C)C(C)C#N.C[Si](C)Nc1c(F)c(F)c(F)c(F)c1F. The third-order valence-corrected chi connectivity index (χ3v) is 9.68. The van der Waals surface area contributed by atoms with Gasteiger partial charge >= 0.3 is 0 Å². The minimum absolute atomic E-state index is 0.220. The second kappa shape index (κ2) is 10.8. The summed E-state index contributed by atoms with van der Waals surface area (Å²) in [6.07, 6.45) is 0. The highest BCUT2D eigenvalue weighted by molar-refractivity contribution is 6.76. The van der Waals surface area contributed by atoms with Gasteiger partial charge in [-0.1, -0.05) is 47.0 Å². The smallest absolute Gasteiger partial charge is 0.200 e. The van der Waals surface area contributed by atoms with Gasteiger partial charge in [-0.05, 0) is 13.1 Å². The Balaban J connectivity index is 0.000000516. The molecule has 0 heterocycles. The van der Waals surface area contributed by atoms with Gasteiger partial charge in [-0.2, -0.15) is 5.26 Å². The summed E-state index contributed by atoms with van der Waals surface area (Å²) >= 11 is 0. The van der Waals surface area contributed by atoms with Crippen LogP contribution >= 0.6 is 0 Å². The first-order valence-corrected chi connectivity index (χ1v) is 14.1. The maximum atomic E-state index is 13.0. The Morgan fingerprint density at radius 1 is 0.963 bits per heavy atom. The molecule has 1 aromatic rings. The summed E-state index contributed by atoms with van der Waals surface area (Å²) in [5.41, 5.74) is -0.734. The molecule has 27 heavy (non-hydrogen) atoms. The number of nitrogens with zero attached hydrogens (tertiary/aromatic N) is 2. The average molecular weight is 425 g/mol. The second-order valence-corrected chi connectivity index (χ2v) is 13.8. The van der Waals surface area contributed by atoms with Crippen LogP contribution in [0.25, 0.3) is 0 Å². The number of halogens is 5. The molecular weight excluding hydrogens is 397 g/mol. The summed E-state index contributed by atoms with van der Waals surface area (Å²) in [6, 6.07) is 2.37. The van der Waals surface area contributed by atoms with Crippen molar-refractivity contribution in [1.29, 1.82) is 5.26 Å². The van der Waals surface area contributed by atoms with E-state index in [0.29, 0.717) is 0 Å². The first-order chi connectivity index (χ1) is 12.4. The van der Waals surface area contributed by atoms with E-state index in [1.165, 1.54) is 0 Å². The largest absolute Gasteiger partial charge is 0.406 e. The Labute approximate surface area is 161 Å². The molecule has 1 rings (SSSR count). The summed E-state index contributed by atoms with van der Waals surface area (Å²) in [5.74, 6) is -9.65. The van der Waals surface area contributed by atoms with Crippen LogP contribution in [0.3, 0.4) is 0 Å². The van der Waals surface area contributed by atoms with Crippen molar-refractivity contribution in [1.82, 2.24) is 4.57 Å². The maximum Gasteiger partial charge on any atom is 0.200 e. The fourth-order valence-electron chi connectivity index (χ4n) is 2.44. The fourth-order valence-corrected chi connectivity index (χ4v) is 5.65. The molecule has 1 aromatic carbocycles. The van der Waals surface area contributed by atoms with Crippen molar-refractivity contribution < 1.29 is 22.0 Å². The number of anilines is 1. The highest BCUT2D eigenvalue weighted by Gasteiger charge is 2.33. The highest BCUT2D eigenvalue weighted by Crippen LogP contribution is 2.27. The molecule has 0 aliphatic carbocycles. The van der Waals surface area contributed by atoms with Crippen molar-refractivity contribution >= 4 is 22.9 Å². The normalized spacial score (nSPS) is 12.5. The van der Waals surface area contributed by atoms with Gasteiger partial charge in [-0.15, -0.1) is 0 Å². The molecular formula is C17H27F5N3Si2. The Morgan fingerprint density at radius 2 is 1.33 bits per heavy atom. The molecule has 0 amide bonds. The number of hydrogen-bond acceptors (Lipinski definition) is 3. The Bertz CT molecular complexity index is 645. The summed E-state index contributed by atoms with van der Waals surface area (Å²) < 4.78 is 66.4. The van der Waals surface area contributed by atoms with Crippen molar-refractivity contribution in [2.45, 2.75) is 52.5 Å². The molecule has 1 radical (unpaired) electrons. The molecule has 1 N–H and O–H groups in total. The van der Waals surface area contributed by atoms with Crippen LogP contribution in [0.1, 0.15) is 20.8 Å². The molecule has 1 atom stereocenters. The molecule has 0 aliphatic heterocycles. The van der Waals surface area contributed by atoms with Crippen LogP contribution in [0.2, 0.25) is 31.7 Å². The lowest BCUT2D eigenvalue weighted by Crippen LogP contribution is -2.50. The number of nitriles is 1. The average Bonchev–Trinajstić information content (AvgIpc) is 2.62. The summed E-state index contributed by atoms with van der Waals surface area (Å²) in [4.78, 5) is 2.26. The van der Waals surface area contributed by atoms with E-state index in [1.807, 2.05) is 6.92 Å². The predicted octanol–water partition coefficient (Wildman–Crippen LogP) is 5.49. The van der Waals surface area contributed by atoms with Crippen LogP contribution < -0.4 is 4.98 Å². The lowest BCUT2D eigenvalue weighted by Gasteiger charge is -2.37. The Kier molecular flexibility index (Phi) is 10.2. The van der Waals surface area contributed by atoms with Gasteiger partial charge in [0, 0.05) is 0 Å². The zero-order chi connectivity index (χ0) is 21.5. The molecule has 0 saturated heterocycles. The number of hydrogen-bond donors (Lipinski definition) is 1. The summed E-state index contributed by atoms with van der Waals surface area (Å²) in [5, 5.41) is 8.87. The molecule has 1 unspecified atom stereocenters. The minimum atomic E-state index is -2.14. The fraction of sp³-hybridized carbons (Fsp3) is 0.588. The van der Waals surface area contributed by atoms with E-state index >= 15 is 0 Å². The van der Waals surface area contributed by atoms with Gasteiger partial charge in [0.1, 0.15) is 13.9 Å². The van der Waals surface area contributed by atoms with Crippen LogP contribution in [-0.2, 0) is 0 Å². The van der Waals surface area contributed by atoms with E-state index in [9.17, 15) is 22.0 Å². The van der Waals surface area contributed by atoms with E-state index in [1.54, 1.807) is 13.1 Å². The zero-order valence-corrected chi connectivity index (χ0v) is 18.8. The van der Waals surface area contributed by atoms with Gasteiger partial charge in [0.2, 0.25) is 5.82 Å². The molecule has 0 aromatic heterocycles. The molecule has 0 saturated carbocycles. The standard InChI is InChI=1S/C9H20N2Si.C8H7F5NSi/c1-6-11(7-2)12(4,5)9(3)8-10;1-15(2)14-8-6(12)4(10)3(9)5(11)7(8)13/h9H,6-7H2,1-5H3;14H,1-2H3. The minimum Gasteiger partial charge on any atom is -0.406 e. The van der Waals surface area contributed by atoms with E-state index in [0.717, 1.165) is 13.1 Å². The van der Waals surface area contributed by atoms with Gasteiger partial charge in [0.25, 0.3) is 0 Å². The van der Waals surface area contributed by atoms with Gasteiger partial charge < -0.3 is 9.55 Å². The van der Waals surface area contributed by atoms with Crippen LogP contribution in [0.15, 0.2) is 0 Å². The first kappa shape index (κ1) is 25.6. The topological polar surface area (TPSA) is 39.1 Å². The van der Waals surface area contributed by atoms with Crippen LogP contribution in [-0.4, -0.2) is 34.8 Å². The van der Waals surface area contributed by atoms with Crippen molar-refractivity contribution in [3.63, 3.8) is 0 Å². The molecule has 153 valence electrons. The lowest BCUT2D eigenvalue weighted by atomic mass is 10.2. The van der Waals surface area contributed by atoms with Gasteiger partial charge in [-0.3, -0.25) is 0 Å². The monoisotopic (exact) mass is 424 g/mol. The number of benzene rings is 1. The van der Waals surface area contributed by atoms with E-state index in [-0.39, 0.29) is 5.54 Å². The van der Waals surface area contributed by atoms with Crippen molar-refractivity contribution in [3.8, 4) is 6.07 Å². The van der Waals surface area contributed by atoms with E-state index in [2.05, 4.69) is 42.6 Å². The first-order valence-electron chi connectivity index (χ1n) is 8.59. The Hall–Kier alpha value is -1.45. The van der Waals surface area contributed by atoms with E-state index in [4.69, 9.17) is 5.26 Å². The van der Waals surface area contributed by atoms with Crippen molar-refractivity contribution in [2.75, 3.05) is 18.1 Å². The third kappa shape index (κ3) is 6.29. The van der Waals surface area contributed by atoms with Gasteiger partial charge in [0.15, 0.2) is 32.2 Å². The number of rotatable bonds is 6. The molecule has 10 heteroatoms. The maximum absolute atomic E-state index is 13.0. The molecule has 0 bridgehead atoms. The Morgan fingerprint density at radius 3 is 1.63 bits per heavy atom. The molecule has 3 nitrogen and oxygen atoms in total. The van der Waals surface area contributed by atoms with Crippen molar-refractivity contribution in [2.24, 2.45) is 0 Å². The zero-order valence-electron chi connectivity index (χ0n) is 16.8. The van der Waals surface area contributed by atoms with Gasteiger partial charge in [-0.25, -0.2) is 22.0 Å². The van der Waals surface area contributed by atoms with Crippen LogP contribution in [0.5, 0.6) is 0 Å². The lowest BCUT2D eigenvalue weighted by molar-refractivity contribution is 0.382. The molecule has 0 aliphatic rings. The molecule has 0 spiro atoms.